The van der Waals surface area contributed by atoms with Gasteiger partial charge in [-0.15, -0.1) is 0 Å². The highest BCUT2D eigenvalue weighted by Crippen LogP contribution is 2.33. The smallest absolute Gasteiger partial charge is 0.379 e. The van der Waals surface area contributed by atoms with Crippen LogP contribution in [-0.4, -0.2) is 16.1 Å². The normalized spacial score (nSPS) is 10.8. The molecule has 0 spiro atoms. The van der Waals surface area contributed by atoms with Crippen molar-refractivity contribution < 1.29 is 27.6 Å². The highest BCUT2D eigenvalue weighted by Gasteiger charge is 2.27. The van der Waals surface area contributed by atoms with Gasteiger partial charge in [0.2, 0.25) is 5.58 Å². The first-order chi connectivity index (χ1) is 11.4. The molecule has 3 aromatic rings. The molecule has 2 aromatic heterocycles. The number of aromatic nitrogens is 2. The van der Waals surface area contributed by atoms with Gasteiger partial charge in [-0.05, 0) is 18.2 Å². The van der Waals surface area contributed by atoms with E-state index >= 15 is 0 Å². The van der Waals surface area contributed by atoms with E-state index in [4.69, 9.17) is 5.73 Å². The number of carbonyl (C=O) groups excluding carboxylic acids is 1. The lowest BCUT2D eigenvalue weighted by Gasteiger charge is -2.11. The number of rotatable bonds is 3. The molecule has 124 valence electrons. The topological polar surface area (TPSA) is 103 Å². The van der Waals surface area contributed by atoms with Crippen LogP contribution in [0.2, 0.25) is 0 Å². The summed E-state index contributed by atoms with van der Waals surface area (Å²) in [5.41, 5.74) is 3.02. The Kier molecular flexibility index (Phi) is 4.01. The third-order valence-electron chi connectivity index (χ3n) is 3.03. The minimum atomic E-state index is -1.60. The van der Waals surface area contributed by atoms with Gasteiger partial charge in [-0.25, -0.2) is 23.5 Å². The van der Waals surface area contributed by atoms with Crippen molar-refractivity contribution in [2.45, 2.75) is 0 Å². The fourth-order valence-corrected chi connectivity index (χ4v) is 2.29. The maximum atomic E-state index is 14.6. The van der Waals surface area contributed by atoms with Gasteiger partial charge in [-0.3, -0.25) is 0 Å². The fourth-order valence-electron chi connectivity index (χ4n) is 1.96. The van der Waals surface area contributed by atoms with Crippen molar-refractivity contribution in [1.29, 1.82) is 0 Å². The van der Waals surface area contributed by atoms with E-state index in [1.165, 1.54) is 12.1 Å². The van der Waals surface area contributed by atoms with Crippen LogP contribution < -0.4 is 11.1 Å². The quantitative estimate of drug-likeness (QED) is 0.689. The number of benzene rings is 1. The van der Waals surface area contributed by atoms with Gasteiger partial charge in [0.15, 0.2) is 22.8 Å². The van der Waals surface area contributed by atoms with Crippen molar-refractivity contribution in [3.8, 4) is 0 Å². The first kappa shape index (κ1) is 16.1. The van der Waals surface area contributed by atoms with Crippen LogP contribution in [0.1, 0.15) is 10.5 Å². The summed E-state index contributed by atoms with van der Waals surface area (Å²) in [6.45, 7) is 0. The summed E-state index contributed by atoms with van der Waals surface area (Å²) in [4.78, 5) is 18.3. The fraction of sp³-hybridized carbons (Fsp3) is 0. The van der Waals surface area contributed by atoms with Gasteiger partial charge in [-0.1, -0.05) is 21.1 Å². The zero-order chi connectivity index (χ0) is 17.4. The molecule has 0 atom stereocenters. The zero-order valence-electron chi connectivity index (χ0n) is 11.4. The number of anilines is 3. The van der Waals surface area contributed by atoms with Crippen LogP contribution in [0.25, 0.3) is 11.1 Å². The first-order valence-electron chi connectivity index (χ1n) is 6.21. The molecule has 0 saturated carbocycles. The third-order valence-corrected chi connectivity index (χ3v) is 3.52. The van der Waals surface area contributed by atoms with Crippen LogP contribution in [0.4, 0.5) is 30.5 Å². The number of nitrogens with zero attached hydrogens (tertiary/aromatic N) is 2. The summed E-state index contributed by atoms with van der Waals surface area (Å²) in [6.07, 6.45) is 0. The number of pyridine rings is 1. The average Bonchev–Trinajstić information content (AvgIpc) is 2.92. The molecule has 0 bridgehead atoms. The molecule has 0 aliphatic heterocycles. The molecule has 3 rings (SSSR count). The second kappa shape index (κ2) is 6.00. The van der Waals surface area contributed by atoms with Crippen molar-refractivity contribution in [3.63, 3.8) is 0 Å². The van der Waals surface area contributed by atoms with Crippen molar-refractivity contribution in [2.75, 3.05) is 11.1 Å². The molecule has 24 heavy (non-hydrogen) atoms. The number of carbonyl (C=O) groups is 1. The minimum absolute atomic E-state index is 0.196. The van der Waals surface area contributed by atoms with Crippen LogP contribution in [0.3, 0.4) is 0 Å². The number of hydrogen-bond donors (Lipinski definition) is 2. The number of fused-ring (bicyclic) bond motifs is 1. The molecule has 0 radical (unpaired) electrons. The second-order valence-corrected chi connectivity index (χ2v) is 5.42. The molecule has 0 aliphatic carbocycles. The lowest BCUT2D eigenvalue weighted by Crippen LogP contribution is -2.10. The van der Waals surface area contributed by atoms with Gasteiger partial charge in [-0.2, -0.15) is 0 Å². The predicted octanol–water partition coefficient (Wildman–Crippen LogP) is 3.63. The third kappa shape index (κ3) is 2.62. The summed E-state index contributed by atoms with van der Waals surface area (Å²) in [5.74, 6) is -3.83. The number of nitrogens with two attached hydrogens (primary N) is 1. The number of nitrogen functional groups attached to an aromatic ring is 1. The molecule has 0 saturated heterocycles. The molecule has 0 unspecified atom stereocenters. The Labute approximate surface area is 139 Å². The number of hydrogen-bond acceptors (Lipinski definition) is 7. The van der Waals surface area contributed by atoms with Gasteiger partial charge < -0.3 is 15.6 Å². The van der Waals surface area contributed by atoms with Crippen molar-refractivity contribution in [3.05, 3.63) is 40.0 Å². The summed E-state index contributed by atoms with van der Waals surface area (Å²) in [6, 6.07) is 3.84. The maximum Gasteiger partial charge on any atom is 0.400 e. The molecule has 7 nitrogen and oxygen atoms in total. The second-order valence-electron chi connectivity index (χ2n) is 4.51. The van der Waals surface area contributed by atoms with E-state index < -0.39 is 34.6 Å². The molecule has 3 N–H and O–H groups in total. The van der Waals surface area contributed by atoms with E-state index in [-0.39, 0.29) is 17.0 Å². The Morgan fingerprint density at radius 1 is 1.38 bits per heavy atom. The Morgan fingerprint density at radius 3 is 2.79 bits per heavy atom. The maximum absolute atomic E-state index is 14.6. The van der Waals surface area contributed by atoms with Crippen LogP contribution >= 0.6 is 15.9 Å². The molecule has 0 amide bonds. The van der Waals surface area contributed by atoms with Crippen molar-refractivity contribution in [2.24, 2.45) is 0 Å². The SMILES string of the molecule is Nc1noc2c(F)c(Nc3ccc(Br)cc3F)c(C(=O)OF)nc12. The van der Waals surface area contributed by atoms with Crippen molar-refractivity contribution in [1.82, 2.24) is 10.1 Å². The molecular formula is C13H6BrF3N4O3. The standard InChI is InChI=1S/C13H6BrF3N4O3/c14-4-1-2-6(5(15)3-4)19-8-7(16)11-10(12(18)21-24-11)20-9(8)13(22)23-17/h1-3,19H,(H2,18,21). The Morgan fingerprint density at radius 2 is 2.12 bits per heavy atom. The highest BCUT2D eigenvalue weighted by atomic mass is 79.9. The molecule has 0 aliphatic rings. The predicted molar refractivity (Wildman–Crippen MR) is 80.1 cm³/mol. The Bertz CT molecular complexity index is 963. The largest absolute Gasteiger partial charge is 0.400 e. The molecule has 1 aromatic carbocycles. The monoisotopic (exact) mass is 402 g/mol. The molecule has 11 heteroatoms. The van der Waals surface area contributed by atoms with Gasteiger partial charge in [0.1, 0.15) is 11.5 Å². The van der Waals surface area contributed by atoms with E-state index in [9.17, 15) is 18.1 Å². The van der Waals surface area contributed by atoms with Gasteiger partial charge in [0, 0.05) is 9.00 Å². The first-order valence-corrected chi connectivity index (χ1v) is 7.01. The van der Waals surface area contributed by atoms with E-state index in [0.29, 0.717) is 4.47 Å². The van der Waals surface area contributed by atoms with E-state index in [1.807, 2.05) is 0 Å². The van der Waals surface area contributed by atoms with E-state index in [1.54, 1.807) is 0 Å². The van der Waals surface area contributed by atoms with E-state index in [0.717, 1.165) is 6.07 Å². The van der Waals surface area contributed by atoms with E-state index in [2.05, 4.69) is 40.9 Å². The summed E-state index contributed by atoms with van der Waals surface area (Å²) < 4.78 is 45.9. The van der Waals surface area contributed by atoms with Crippen LogP contribution in [0, 0.1) is 11.6 Å². The summed E-state index contributed by atoms with van der Waals surface area (Å²) >= 11 is 3.07. The molecule has 2 heterocycles. The van der Waals surface area contributed by atoms with Crippen LogP contribution in [0.5, 0.6) is 0 Å². The van der Waals surface area contributed by atoms with Gasteiger partial charge in [0.25, 0.3) is 0 Å². The minimum Gasteiger partial charge on any atom is -0.379 e. The summed E-state index contributed by atoms with van der Waals surface area (Å²) in [5, 5.41) is 5.63. The van der Waals surface area contributed by atoms with Crippen LogP contribution in [-0.2, 0) is 4.94 Å². The van der Waals surface area contributed by atoms with Crippen molar-refractivity contribution >= 4 is 50.2 Å². The number of nitrogens with one attached hydrogen (secondary N) is 1. The highest BCUT2D eigenvalue weighted by molar-refractivity contribution is 9.10. The zero-order valence-corrected chi connectivity index (χ0v) is 13.0. The van der Waals surface area contributed by atoms with Crippen LogP contribution in [0.15, 0.2) is 27.2 Å². The summed E-state index contributed by atoms with van der Waals surface area (Å²) in [7, 11) is 0. The average molecular weight is 403 g/mol. The lowest BCUT2D eigenvalue weighted by atomic mass is 10.2. The van der Waals surface area contributed by atoms with Gasteiger partial charge >= 0.3 is 5.97 Å². The molecular weight excluding hydrogens is 397 g/mol. The molecule has 0 fully saturated rings. The Hall–Kier alpha value is -2.82. The Balaban J connectivity index is 2.21. The lowest BCUT2D eigenvalue weighted by molar-refractivity contribution is -0.0792. The number of halogens is 4. The van der Waals surface area contributed by atoms with Gasteiger partial charge in [0.05, 0.1) is 5.69 Å².